The molecule has 36 heavy (non-hydrogen) atoms. The molecular weight excluding hydrogens is 458 g/mol. The SMILES string of the molecule is CC1CCC2C(CC(NC(=O)c3ccnn3C)C(=O)Nc3ccc4c(c3)NC(=O)C43CCOCC3)C12. The molecule has 3 fully saturated rings. The minimum Gasteiger partial charge on any atom is -0.381 e. The first-order chi connectivity index (χ1) is 17.4. The lowest BCUT2D eigenvalue weighted by molar-refractivity contribution is -0.124. The van der Waals surface area contributed by atoms with Gasteiger partial charge in [0.2, 0.25) is 11.8 Å². The van der Waals surface area contributed by atoms with Gasteiger partial charge in [-0.3, -0.25) is 19.1 Å². The molecule has 4 aliphatic rings. The molecule has 2 aliphatic heterocycles. The summed E-state index contributed by atoms with van der Waals surface area (Å²) in [7, 11) is 1.71. The van der Waals surface area contributed by atoms with Crippen molar-refractivity contribution < 1.29 is 19.1 Å². The summed E-state index contributed by atoms with van der Waals surface area (Å²) >= 11 is 0. The van der Waals surface area contributed by atoms with Crippen LogP contribution in [0.3, 0.4) is 0 Å². The van der Waals surface area contributed by atoms with Crippen molar-refractivity contribution in [3.8, 4) is 0 Å². The molecule has 5 unspecified atom stereocenters. The van der Waals surface area contributed by atoms with Crippen LogP contribution in [0.25, 0.3) is 0 Å². The van der Waals surface area contributed by atoms with E-state index < -0.39 is 11.5 Å². The zero-order chi connectivity index (χ0) is 25.0. The van der Waals surface area contributed by atoms with E-state index in [4.69, 9.17) is 4.74 Å². The van der Waals surface area contributed by atoms with E-state index >= 15 is 0 Å². The van der Waals surface area contributed by atoms with Crippen LogP contribution in [-0.4, -0.2) is 46.8 Å². The van der Waals surface area contributed by atoms with Crippen molar-refractivity contribution in [3.63, 3.8) is 0 Å². The highest BCUT2D eigenvalue weighted by molar-refractivity contribution is 6.07. The third-order valence-electron chi connectivity index (χ3n) is 9.03. The van der Waals surface area contributed by atoms with E-state index in [0.29, 0.717) is 67.5 Å². The average molecular weight is 492 g/mol. The predicted octanol–water partition coefficient (Wildman–Crippen LogP) is 2.84. The van der Waals surface area contributed by atoms with E-state index in [1.54, 1.807) is 19.3 Å². The fraction of sp³-hybridized carbons (Fsp3) is 0.556. The van der Waals surface area contributed by atoms with Crippen LogP contribution in [0, 0.1) is 23.7 Å². The molecule has 1 aromatic heterocycles. The highest BCUT2D eigenvalue weighted by atomic mass is 16.5. The fourth-order valence-electron chi connectivity index (χ4n) is 6.99. The van der Waals surface area contributed by atoms with E-state index in [9.17, 15) is 14.4 Å². The van der Waals surface area contributed by atoms with Crippen molar-refractivity contribution in [1.29, 1.82) is 0 Å². The number of benzene rings is 1. The Hall–Kier alpha value is -3.20. The summed E-state index contributed by atoms with van der Waals surface area (Å²) in [6, 6.07) is 6.60. The summed E-state index contributed by atoms with van der Waals surface area (Å²) in [6.07, 6.45) is 5.96. The second-order valence-electron chi connectivity index (χ2n) is 11.0. The quantitative estimate of drug-likeness (QED) is 0.575. The van der Waals surface area contributed by atoms with Gasteiger partial charge >= 0.3 is 0 Å². The minimum atomic E-state index is -0.653. The standard InChI is InChI=1S/C27H33N5O4/c1-15-3-5-17-18(23(15)17)14-21(30-25(34)22-7-10-28-32(22)2)24(33)29-16-4-6-19-20(13-16)31-26(35)27(19)8-11-36-12-9-27/h4,6-7,10,13,15,17-18,21,23H,3,5,8-9,11-12,14H2,1-2H3,(H,29,33)(H,30,34)(H,31,35). The molecule has 2 saturated carbocycles. The van der Waals surface area contributed by atoms with Crippen molar-refractivity contribution in [1.82, 2.24) is 15.1 Å². The molecule has 2 aliphatic carbocycles. The second-order valence-corrected chi connectivity index (χ2v) is 11.0. The number of nitrogens with zero attached hydrogens (tertiary/aromatic N) is 2. The van der Waals surface area contributed by atoms with Gasteiger partial charge in [0.05, 0.1) is 5.41 Å². The van der Waals surface area contributed by atoms with Gasteiger partial charge in [-0.05, 0) is 73.1 Å². The first kappa shape index (κ1) is 23.2. The van der Waals surface area contributed by atoms with E-state index in [1.807, 2.05) is 18.2 Å². The maximum absolute atomic E-state index is 13.5. The summed E-state index contributed by atoms with van der Waals surface area (Å²) in [5.74, 6) is 1.90. The highest BCUT2D eigenvalue weighted by Gasteiger charge is 2.56. The number of rotatable bonds is 6. The number of carbonyl (C=O) groups is 3. The van der Waals surface area contributed by atoms with Gasteiger partial charge in [-0.15, -0.1) is 0 Å². The van der Waals surface area contributed by atoms with Crippen LogP contribution in [0.4, 0.5) is 11.4 Å². The summed E-state index contributed by atoms with van der Waals surface area (Å²) in [5.41, 5.74) is 2.18. The molecule has 2 aromatic rings. The number of amides is 3. The lowest BCUT2D eigenvalue weighted by Gasteiger charge is -2.31. The van der Waals surface area contributed by atoms with Crippen LogP contribution in [-0.2, 0) is 26.8 Å². The maximum atomic E-state index is 13.5. The zero-order valence-electron chi connectivity index (χ0n) is 20.8. The van der Waals surface area contributed by atoms with Gasteiger partial charge in [0, 0.05) is 37.8 Å². The van der Waals surface area contributed by atoms with Gasteiger partial charge in [-0.2, -0.15) is 5.10 Å². The lowest BCUT2D eigenvalue weighted by atomic mass is 9.75. The Bertz CT molecular complexity index is 1220. The van der Waals surface area contributed by atoms with Crippen molar-refractivity contribution in [3.05, 3.63) is 41.7 Å². The lowest BCUT2D eigenvalue weighted by Crippen LogP contribution is -2.45. The summed E-state index contributed by atoms with van der Waals surface area (Å²) in [4.78, 5) is 39.3. The number of ether oxygens (including phenoxy) is 1. The van der Waals surface area contributed by atoms with Crippen LogP contribution in [0.2, 0.25) is 0 Å². The minimum absolute atomic E-state index is 0.0000120. The molecule has 1 saturated heterocycles. The second kappa shape index (κ2) is 8.73. The van der Waals surface area contributed by atoms with E-state index in [-0.39, 0.29) is 17.7 Å². The monoisotopic (exact) mass is 491 g/mol. The van der Waals surface area contributed by atoms with E-state index in [0.717, 1.165) is 11.3 Å². The number of fused-ring (bicyclic) bond motifs is 3. The Kier molecular flexibility index (Phi) is 5.63. The third kappa shape index (κ3) is 3.80. The molecule has 1 spiro atoms. The predicted molar refractivity (Wildman–Crippen MR) is 133 cm³/mol. The highest BCUT2D eigenvalue weighted by Crippen LogP contribution is 2.62. The van der Waals surface area contributed by atoms with Crippen LogP contribution in [0.1, 0.15) is 55.1 Å². The van der Waals surface area contributed by atoms with Crippen LogP contribution >= 0.6 is 0 Å². The summed E-state index contributed by atoms with van der Waals surface area (Å²) in [6.45, 7) is 3.41. The van der Waals surface area contributed by atoms with Crippen LogP contribution < -0.4 is 16.0 Å². The van der Waals surface area contributed by atoms with Gasteiger partial charge in [-0.25, -0.2) is 0 Å². The molecular formula is C27H33N5O4. The molecule has 3 N–H and O–H groups in total. The number of aromatic nitrogens is 2. The van der Waals surface area contributed by atoms with Crippen LogP contribution in [0.5, 0.6) is 0 Å². The van der Waals surface area contributed by atoms with Gasteiger partial charge in [0.25, 0.3) is 5.91 Å². The van der Waals surface area contributed by atoms with E-state index in [1.165, 1.54) is 17.5 Å². The van der Waals surface area contributed by atoms with Gasteiger partial charge in [0.1, 0.15) is 11.7 Å². The average Bonchev–Trinajstić information content (AvgIpc) is 3.09. The van der Waals surface area contributed by atoms with Gasteiger partial charge in [-0.1, -0.05) is 19.4 Å². The normalized spacial score (nSPS) is 28.2. The third-order valence-corrected chi connectivity index (χ3v) is 9.03. The molecule has 3 amide bonds. The molecule has 5 atom stereocenters. The molecule has 3 heterocycles. The number of hydrogen-bond donors (Lipinski definition) is 3. The molecule has 1 aromatic carbocycles. The Morgan fingerprint density at radius 2 is 2.06 bits per heavy atom. The fourth-order valence-corrected chi connectivity index (χ4v) is 6.99. The topological polar surface area (TPSA) is 114 Å². The Balaban J connectivity index is 1.20. The number of anilines is 2. The zero-order valence-corrected chi connectivity index (χ0v) is 20.8. The number of hydrogen-bond acceptors (Lipinski definition) is 5. The largest absolute Gasteiger partial charge is 0.381 e. The molecule has 6 rings (SSSR count). The number of nitrogens with one attached hydrogen (secondary N) is 3. The molecule has 190 valence electrons. The van der Waals surface area contributed by atoms with Crippen molar-refractivity contribution in [2.24, 2.45) is 30.7 Å². The van der Waals surface area contributed by atoms with Crippen LogP contribution in [0.15, 0.2) is 30.5 Å². The van der Waals surface area contributed by atoms with Crippen molar-refractivity contribution in [2.45, 2.75) is 50.5 Å². The first-order valence-electron chi connectivity index (χ1n) is 13.0. The van der Waals surface area contributed by atoms with E-state index in [2.05, 4.69) is 28.0 Å². The smallest absolute Gasteiger partial charge is 0.270 e. The van der Waals surface area contributed by atoms with Crippen molar-refractivity contribution in [2.75, 3.05) is 23.8 Å². The summed E-state index contributed by atoms with van der Waals surface area (Å²) in [5, 5.41) is 13.0. The molecule has 0 radical (unpaired) electrons. The van der Waals surface area contributed by atoms with Crippen molar-refractivity contribution >= 4 is 29.1 Å². The molecule has 9 heteroatoms. The Labute approximate surface area is 210 Å². The summed E-state index contributed by atoms with van der Waals surface area (Å²) < 4.78 is 6.99. The maximum Gasteiger partial charge on any atom is 0.270 e. The number of aryl methyl sites for hydroxylation is 1. The molecule has 0 bridgehead atoms. The molecule has 9 nitrogen and oxygen atoms in total. The van der Waals surface area contributed by atoms with Gasteiger partial charge < -0.3 is 20.7 Å². The van der Waals surface area contributed by atoms with Gasteiger partial charge in [0.15, 0.2) is 0 Å². The number of carbonyl (C=O) groups excluding carboxylic acids is 3. The Morgan fingerprint density at radius 1 is 1.25 bits per heavy atom. The Morgan fingerprint density at radius 3 is 2.75 bits per heavy atom. The first-order valence-corrected chi connectivity index (χ1v) is 13.0.